The minimum Gasteiger partial charge on any atom is -0.268 e. The number of rotatable bonds is 2. The summed E-state index contributed by atoms with van der Waals surface area (Å²) in [5.41, 5.74) is 0.815. The van der Waals surface area contributed by atoms with Gasteiger partial charge in [0.05, 0.1) is 12.7 Å². The first-order valence-corrected chi connectivity index (χ1v) is 5.85. The topological polar surface area (TPSA) is 71.6 Å². The van der Waals surface area contributed by atoms with Gasteiger partial charge in [0.25, 0.3) is 5.56 Å². The summed E-state index contributed by atoms with van der Waals surface area (Å²) in [6.07, 6.45) is 3.15. The molecule has 0 aromatic carbocycles. The third-order valence-electron chi connectivity index (χ3n) is 2.15. The van der Waals surface area contributed by atoms with Crippen molar-refractivity contribution in [1.82, 2.24) is 14.8 Å². The predicted octanol–water partition coefficient (Wildman–Crippen LogP) is 1.16. The molecular formula is C11H7IN4O. The molecule has 5 nitrogen and oxygen atoms in total. The van der Waals surface area contributed by atoms with E-state index in [1.807, 2.05) is 28.7 Å². The molecule has 0 amide bonds. The smallest absolute Gasteiger partial charge is 0.268 e. The van der Waals surface area contributed by atoms with E-state index < -0.39 is 0 Å². The second-order valence-corrected chi connectivity index (χ2v) is 4.54. The van der Waals surface area contributed by atoms with Gasteiger partial charge >= 0.3 is 0 Å². The summed E-state index contributed by atoms with van der Waals surface area (Å²) < 4.78 is 2.09. The predicted molar refractivity (Wildman–Crippen MR) is 69.3 cm³/mol. The van der Waals surface area contributed by atoms with Crippen LogP contribution in [0.3, 0.4) is 0 Å². The van der Waals surface area contributed by atoms with Gasteiger partial charge in [0.2, 0.25) is 0 Å². The molecule has 2 aromatic rings. The molecule has 17 heavy (non-hydrogen) atoms. The summed E-state index contributed by atoms with van der Waals surface area (Å²) in [4.78, 5) is 15.6. The van der Waals surface area contributed by atoms with Crippen LogP contribution in [0.5, 0.6) is 0 Å². The summed E-state index contributed by atoms with van der Waals surface area (Å²) in [5.74, 6) is 0. The third-order valence-corrected chi connectivity index (χ3v) is 2.74. The summed E-state index contributed by atoms with van der Waals surface area (Å²) in [6.45, 7) is 0.256. The van der Waals surface area contributed by atoms with Gasteiger partial charge in [0.15, 0.2) is 0 Å². The molecule has 0 aliphatic rings. The van der Waals surface area contributed by atoms with Crippen LogP contribution in [0, 0.1) is 14.9 Å². The molecule has 0 radical (unpaired) electrons. The van der Waals surface area contributed by atoms with Crippen molar-refractivity contribution >= 4 is 22.6 Å². The molecular weight excluding hydrogens is 331 g/mol. The van der Waals surface area contributed by atoms with E-state index in [1.54, 1.807) is 24.5 Å². The average Bonchev–Trinajstić information content (AvgIpc) is 2.33. The van der Waals surface area contributed by atoms with Crippen molar-refractivity contribution in [3.05, 3.63) is 55.8 Å². The van der Waals surface area contributed by atoms with Gasteiger partial charge in [0, 0.05) is 21.4 Å². The third kappa shape index (κ3) is 2.68. The van der Waals surface area contributed by atoms with Gasteiger partial charge in [-0.15, -0.1) is 0 Å². The van der Waals surface area contributed by atoms with Crippen LogP contribution in [0.4, 0.5) is 0 Å². The van der Waals surface area contributed by atoms with Crippen molar-refractivity contribution in [2.45, 2.75) is 6.54 Å². The van der Waals surface area contributed by atoms with E-state index in [2.05, 4.69) is 10.1 Å². The first-order chi connectivity index (χ1) is 8.20. The highest BCUT2D eigenvalue weighted by Crippen LogP contribution is 2.05. The molecule has 0 fully saturated rings. The van der Waals surface area contributed by atoms with Crippen LogP contribution >= 0.6 is 22.6 Å². The van der Waals surface area contributed by atoms with Crippen molar-refractivity contribution in [3.63, 3.8) is 0 Å². The number of halogens is 1. The molecule has 0 saturated carbocycles. The van der Waals surface area contributed by atoms with Crippen molar-refractivity contribution in [1.29, 1.82) is 5.26 Å². The number of aromatic nitrogens is 3. The summed E-state index contributed by atoms with van der Waals surface area (Å²) in [7, 11) is 0. The SMILES string of the molecule is N#Cc1ncccc1Cn1ncc(I)cc1=O. The van der Waals surface area contributed by atoms with E-state index in [1.165, 1.54) is 10.7 Å². The highest BCUT2D eigenvalue weighted by molar-refractivity contribution is 14.1. The van der Waals surface area contributed by atoms with Crippen LogP contribution in [0.15, 0.2) is 35.4 Å². The number of hydrogen-bond donors (Lipinski definition) is 0. The first kappa shape index (κ1) is 11.7. The van der Waals surface area contributed by atoms with Gasteiger partial charge in [-0.2, -0.15) is 10.4 Å². The van der Waals surface area contributed by atoms with Crippen molar-refractivity contribution in [2.24, 2.45) is 0 Å². The zero-order valence-electron chi connectivity index (χ0n) is 8.67. The minimum absolute atomic E-state index is 0.190. The normalized spacial score (nSPS) is 9.88. The lowest BCUT2D eigenvalue weighted by atomic mass is 10.2. The molecule has 0 unspecified atom stereocenters. The average molecular weight is 338 g/mol. The molecule has 2 aromatic heterocycles. The Morgan fingerprint density at radius 3 is 3.06 bits per heavy atom. The largest absolute Gasteiger partial charge is 0.268 e. The van der Waals surface area contributed by atoms with Crippen molar-refractivity contribution in [3.8, 4) is 6.07 Å². The zero-order chi connectivity index (χ0) is 12.3. The Kier molecular flexibility index (Phi) is 3.49. The lowest BCUT2D eigenvalue weighted by molar-refractivity contribution is 0.634. The fraction of sp³-hybridized carbons (Fsp3) is 0.0909. The molecule has 0 bridgehead atoms. The molecule has 0 aliphatic heterocycles. The van der Waals surface area contributed by atoms with E-state index in [9.17, 15) is 4.79 Å². The Labute approximate surface area is 111 Å². The molecule has 0 aliphatic carbocycles. The second kappa shape index (κ2) is 5.05. The molecule has 0 atom stereocenters. The van der Waals surface area contributed by atoms with Crippen molar-refractivity contribution < 1.29 is 0 Å². The molecule has 0 spiro atoms. The van der Waals surface area contributed by atoms with Crippen LogP contribution in [-0.4, -0.2) is 14.8 Å². The fourth-order valence-corrected chi connectivity index (χ4v) is 1.75. The van der Waals surface area contributed by atoms with Gasteiger partial charge < -0.3 is 0 Å². The number of nitriles is 1. The highest BCUT2D eigenvalue weighted by atomic mass is 127. The Hall–Kier alpha value is -1.75. The Morgan fingerprint density at radius 2 is 2.35 bits per heavy atom. The van der Waals surface area contributed by atoms with Gasteiger partial charge in [-0.05, 0) is 28.7 Å². The maximum Gasteiger partial charge on any atom is 0.268 e. The first-order valence-electron chi connectivity index (χ1n) is 4.77. The maximum absolute atomic E-state index is 11.6. The van der Waals surface area contributed by atoms with E-state index in [4.69, 9.17) is 5.26 Å². The quantitative estimate of drug-likeness (QED) is 0.771. The number of hydrogen-bond acceptors (Lipinski definition) is 4. The monoisotopic (exact) mass is 338 g/mol. The van der Waals surface area contributed by atoms with E-state index >= 15 is 0 Å². The van der Waals surface area contributed by atoms with E-state index in [0.29, 0.717) is 11.3 Å². The van der Waals surface area contributed by atoms with Gasteiger partial charge in [-0.25, -0.2) is 9.67 Å². The van der Waals surface area contributed by atoms with Crippen LogP contribution in [-0.2, 0) is 6.54 Å². The lowest BCUT2D eigenvalue weighted by Gasteiger charge is -2.05. The zero-order valence-corrected chi connectivity index (χ0v) is 10.8. The maximum atomic E-state index is 11.6. The lowest BCUT2D eigenvalue weighted by Crippen LogP contribution is -2.23. The Bertz CT molecular complexity index is 644. The Morgan fingerprint density at radius 1 is 1.53 bits per heavy atom. The van der Waals surface area contributed by atoms with Crippen LogP contribution < -0.4 is 5.56 Å². The molecule has 2 heterocycles. The van der Waals surface area contributed by atoms with Crippen LogP contribution in [0.25, 0.3) is 0 Å². The van der Waals surface area contributed by atoms with Crippen LogP contribution in [0.2, 0.25) is 0 Å². The number of pyridine rings is 1. The fourth-order valence-electron chi connectivity index (χ4n) is 1.36. The molecule has 0 N–H and O–H groups in total. The van der Waals surface area contributed by atoms with E-state index in [0.717, 1.165) is 3.57 Å². The van der Waals surface area contributed by atoms with Crippen molar-refractivity contribution in [2.75, 3.05) is 0 Å². The summed E-state index contributed by atoms with van der Waals surface area (Å²) in [5, 5.41) is 12.9. The van der Waals surface area contributed by atoms with E-state index in [-0.39, 0.29) is 12.1 Å². The molecule has 0 saturated heterocycles. The minimum atomic E-state index is -0.190. The molecule has 2 rings (SSSR count). The molecule has 84 valence electrons. The Balaban J connectivity index is 2.39. The summed E-state index contributed by atoms with van der Waals surface area (Å²) in [6, 6.07) is 6.98. The highest BCUT2D eigenvalue weighted by Gasteiger charge is 2.05. The van der Waals surface area contributed by atoms with Crippen LogP contribution in [0.1, 0.15) is 11.3 Å². The van der Waals surface area contributed by atoms with Gasteiger partial charge in [0.1, 0.15) is 11.8 Å². The van der Waals surface area contributed by atoms with Gasteiger partial charge in [-0.1, -0.05) is 6.07 Å². The number of nitrogens with zero attached hydrogens (tertiary/aromatic N) is 4. The standard InChI is InChI=1S/C11H7IN4O/c12-9-4-11(17)16(15-6-9)7-8-2-1-3-14-10(8)5-13/h1-4,6H,7H2. The summed E-state index contributed by atoms with van der Waals surface area (Å²) >= 11 is 2.03. The molecule has 6 heteroatoms. The van der Waals surface area contributed by atoms with Gasteiger partial charge in [-0.3, -0.25) is 4.79 Å². The second-order valence-electron chi connectivity index (χ2n) is 3.29.